The minimum Gasteiger partial charge on any atom is -0.342 e. The Balaban J connectivity index is 1.61. The standard InChI is InChI=1S/C14H17N5O/c20-13(10-3-4-10)18-7-1-2-11(8-18)12-5-6-15-14-16-9-17-19(12)14/h5-6,9-11H,1-4,7-8H2/t11-/m0/s1. The van der Waals surface area contributed by atoms with Crippen molar-refractivity contribution in [3.63, 3.8) is 0 Å². The summed E-state index contributed by atoms with van der Waals surface area (Å²) < 4.78 is 1.80. The number of amides is 1. The molecule has 0 spiro atoms. The predicted molar refractivity (Wildman–Crippen MR) is 72.1 cm³/mol. The summed E-state index contributed by atoms with van der Waals surface area (Å²) in [7, 11) is 0. The number of fused-ring (bicyclic) bond motifs is 1. The van der Waals surface area contributed by atoms with Crippen molar-refractivity contribution in [2.24, 2.45) is 5.92 Å². The normalized spacial score (nSPS) is 23.2. The Kier molecular flexibility index (Phi) is 2.68. The minimum atomic E-state index is 0.303. The molecule has 1 saturated carbocycles. The van der Waals surface area contributed by atoms with E-state index in [0.29, 0.717) is 23.5 Å². The van der Waals surface area contributed by atoms with E-state index in [1.54, 1.807) is 10.7 Å². The molecule has 4 rings (SSSR count). The highest BCUT2D eigenvalue weighted by Crippen LogP contribution is 2.34. The number of aromatic nitrogens is 4. The highest BCUT2D eigenvalue weighted by molar-refractivity contribution is 5.81. The quantitative estimate of drug-likeness (QED) is 0.824. The number of hydrogen-bond acceptors (Lipinski definition) is 4. The highest BCUT2D eigenvalue weighted by atomic mass is 16.2. The third-order valence-corrected chi connectivity index (χ3v) is 4.29. The van der Waals surface area contributed by atoms with Gasteiger partial charge in [-0.3, -0.25) is 4.79 Å². The molecule has 1 atom stereocenters. The van der Waals surface area contributed by atoms with E-state index >= 15 is 0 Å². The van der Waals surface area contributed by atoms with Gasteiger partial charge in [-0.2, -0.15) is 10.1 Å². The number of likely N-dealkylation sites (tertiary alicyclic amines) is 1. The van der Waals surface area contributed by atoms with Gasteiger partial charge in [0, 0.05) is 31.1 Å². The molecule has 0 radical (unpaired) electrons. The second-order valence-corrected chi connectivity index (χ2v) is 5.74. The number of rotatable bonds is 2. The van der Waals surface area contributed by atoms with Crippen LogP contribution in [0.15, 0.2) is 18.6 Å². The summed E-state index contributed by atoms with van der Waals surface area (Å²) in [6, 6.07) is 2.00. The van der Waals surface area contributed by atoms with Crippen molar-refractivity contribution in [2.75, 3.05) is 13.1 Å². The van der Waals surface area contributed by atoms with Gasteiger partial charge in [0.1, 0.15) is 6.33 Å². The van der Waals surface area contributed by atoms with Gasteiger partial charge in [0.15, 0.2) is 0 Å². The van der Waals surface area contributed by atoms with Crippen molar-refractivity contribution in [3.05, 3.63) is 24.3 Å². The van der Waals surface area contributed by atoms with E-state index in [4.69, 9.17) is 0 Å². The van der Waals surface area contributed by atoms with Crippen molar-refractivity contribution in [2.45, 2.75) is 31.6 Å². The van der Waals surface area contributed by atoms with Gasteiger partial charge >= 0.3 is 0 Å². The van der Waals surface area contributed by atoms with Crippen molar-refractivity contribution in [3.8, 4) is 0 Å². The van der Waals surface area contributed by atoms with Gasteiger partial charge in [-0.1, -0.05) is 0 Å². The third kappa shape index (κ3) is 1.95. The molecule has 0 aromatic carbocycles. The summed E-state index contributed by atoms with van der Waals surface area (Å²) in [5, 5.41) is 4.25. The zero-order valence-corrected chi connectivity index (χ0v) is 11.3. The molecule has 2 fully saturated rings. The minimum absolute atomic E-state index is 0.303. The number of hydrogen-bond donors (Lipinski definition) is 0. The molecular formula is C14H17N5O. The summed E-state index contributed by atoms with van der Waals surface area (Å²) in [6.45, 7) is 1.70. The van der Waals surface area contributed by atoms with Gasteiger partial charge in [0.25, 0.3) is 5.78 Å². The Hall–Kier alpha value is -1.98. The maximum absolute atomic E-state index is 12.2. The van der Waals surface area contributed by atoms with E-state index in [2.05, 4.69) is 15.1 Å². The Morgan fingerprint density at radius 1 is 1.25 bits per heavy atom. The Morgan fingerprint density at radius 3 is 3.00 bits per heavy atom. The van der Waals surface area contributed by atoms with Gasteiger partial charge in [-0.25, -0.2) is 9.50 Å². The number of carbonyl (C=O) groups excluding carboxylic acids is 1. The molecule has 1 aliphatic carbocycles. The summed E-state index contributed by atoms with van der Waals surface area (Å²) in [5.41, 5.74) is 1.11. The second-order valence-electron chi connectivity index (χ2n) is 5.74. The van der Waals surface area contributed by atoms with Crippen LogP contribution in [0.1, 0.15) is 37.3 Å². The smallest absolute Gasteiger partial charge is 0.252 e. The predicted octanol–water partition coefficient (Wildman–Crippen LogP) is 1.24. The Morgan fingerprint density at radius 2 is 2.15 bits per heavy atom. The zero-order valence-electron chi connectivity index (χ0n) is 11.3. The number of piperidine rings is 1. The molecule has 2 aliphatic rings. The van der Waals surface area contributed by atoms with Crippen molar-refractivity contribution in [1.82, 2.24) is 24.5 Å². The zero-order chi connectivity index (χ0) is 13.5. The fraction of sp³-hybridized carbons (Fsp3) is 0.571. The molecular weight excluding hydrogens is 254 g/mol. The third-order valence-electron chi connectivity index (χ3n) is 4.29. The van der Waals surface area contributed by atoms with Crippen LogP contribution in [-0.4, -0.2) is 43.5 Å². The van der Waals surface area contributed by atoms with E-state index in [1.165, 1.54) is 6.33 Å². The molecule has 104 valence electrons. The van der Waals surface area contributed by atoms with E-state index in [9.17, 15) is 4.79 Å². The lowest BCUT2D eigenvalue weighted by atomic mass is 9.94. The fourth-order valence-corrected chi connectivity index (χ4v) is 3.07. The van der Waals surface area contributed by atoms with E-state index in [1.807, 2.05) is 11.0 Å². The molecule has 2 aromatic heterocycles. The number of carbonyl (C=O) groups is 1. The first-order valence-corrected chi connectivity index (χ1v) is 7.26. The Labute approximate surface area is 116 Å². The van der Waals surface area contributed by atoms with Gasteiger partial charge in [-0.15, -0.1) is 0 Å². The number of nitrogens with zero attached hydrogens (tertiary/aromatic N) is 5. The molecule has 0 N–H and O–H groups in total. The van der Waals surface area contributed by atoms with Gasteiger partial charge in [0.2, 0.25) is 5.91 Å². The van der Waals surface area contributed by atoms with Crippen LogP contribution in [-0.2, 0) is 4.79 Å². The SMILES string of the molecule is O=C(C1CC1)N1CCC[C@H](c2ccnc3ncnn23)C1. The van der Waals surface area contributed by atoms with E-state index in [-0.39, 0.29) is 0 Å². The van der Waals surface area contributed by atoms with Gasteiger partial charge in [-0.05, 0) is 31.7 Å². The molecule has 6 nitrogen and oxygen atoms in total. The lowest BCUT2D eigenvalue weighted by Gasteiger charge is -2.33. The summed E-state index contributed by atoms with van der Waals surface area (Å²) in [6.07, 6.45) is 7.60. The van der Waals surface area contributed by atoms with Crippen LogP contribution >= 0.6 is 0 Å². The van der Waals surface area contributed by atoms with E-state index in [0.717, 1.165) is 44.5 Å². The summed E-state index contributed by atoms with van der Waals surface area (Å²) in [4.78, 5) is 22.6. The van der Waals surface area contributed by atoms with Crippen LogP contribution < -0.4 is 0 Å². The molecule has 20 heavy (non-hydrogen) atoms. The molecule has 0 bridgehead atoms. The Bertz CT molecular complexity index is 648. The van der Waals surface area contributed by atoms with Crippen LogP contribution in [0.4, 0.5) is 0 Å². The van der Waals surface area contributed by atoms with Crippen LogP contribution in [0.3, 0.4) is 0 Å². The fourth-order valence-electron chi connectivity index (χ4n) is 3.07. The maximum atomic E-state index is 12.2. The van der Waals surface area contributed by atoms with Crippen LogP contribution in [0.5, 0.6) is 0 Å². The molecule has 2 aromatic rings. The lowest BCUT2D eigenvalue weighted by Crippen LogP contribution is -2.40. The monoisotopic (exact) mass is 271 g/mol. The van der Waals surface area contributed by atoms with Gasteiger partial charge < -0.3 is 4.90 Å². The highest BCUT2D eigenvalue weighted by Gasteiger charge is 2.36. The molecule has 3 heterocycles. The van der Waals surface area contributed by atoms with Crippen molar-refractivity contribution in [1.29, 1.82) is 0 Å². The summed E-state index contributed by atoms with van der Waals surface area (Å²) >= 11 is 0. The van der Waals surface area contributed by atoms with Crippen LogP contribution in [0, 0.1) is 5.92 Å². The molecule has 1 saturated heterocycles. The van der Waals surface area contributed by atoms with E-state index < -0.39 is 0 Å². The molecule has 1 amide bonds. The molecule has 6 heteroatoms. The topological polar surface area (TPSA) is 63.4 Å². The average Bonchev–Trinajstić information content (AvgIpc) is 3.23. The summed E-state index contributed by atoms with van der Waals surface area (Å²) in [5.74, 6) is 1.61. The first-order chi connectivity index (χ1) is 9.83. The first kappa shape index (κ1) is 11.8. The maximum Gasteiger partial charge on any atom is 0.252 e. The molecule has 1 aliphatic heterocycles. The second kappa shape index (κ2) is 4.54. The van der Waals surface area contributed by atoms with Crippen LogP contribution in [0.25, 0.3) is 5.78 Å². The lowest BCUT2D eigenvalue weighted by molar-refractivity contribution is -0.133. The molecule has 0 unspecified atom stereocenters. The average molecular weight is 271 g/mol. The van der Waals surface area contributed by atoms with Crippen LogP contribution in [0.2, 0.25) is 0 Å². The van der Waals surface area contributed by atoms with Gasteiger partial charge in [0.05, 0.1) is 5.69 Å². The largest absolute Gasteiger partial charge is 0.342 e. The van der Waals surface area contributed by atoms with Crippen molar-refractivity contribution < 1.29 is 4.79 Å². The first-order valence-electron chi connectivity index (χ1n) is 7.26. The van der Waals surface area contributed by atoms with Crippen molar-refractivity contribution >= 4 is 11.7 Å².